The molecule has 2 heterocycles. The van der Waals surface area contributed by atoms with Crippen molar-refractivity contribution in [3.05, 3.63) is 17.5 Å². The molecular formula is C10H13ClN2O3. The molecule has 1 amide bonds. The van der Waals surface area contributed by atoms with Crippen molar-refractivity contribution in [2.24, 2.45) is 0 Å². The summed E-state index contributed by atoms with van der Waals surface area (Å²) in [5, 5.41) is 3.70. The van der Waals surface area contributed by atoms with Gasteiger partial charge in [-0.1, -0.05) is 5.16 Å². The van der Waals surface area contributed by atoms with Gasteiger partial charge in [-0.3, -0.25) is 4.79 Å². The number of halogens is 1. The number of hydrogen-bond acceptors (Lipinski definition) is 4. The molecule has 1 aromatic rings. The molecule has 0 radical (unpaired) electrons. The molecule has 1 aliphatic rings. The van der Waals surface area contributed by atoms with Crippen molar-refractivity contribution in [2.45, 2.75) is 13.0 Å². The lowest BCUT2D eigenvalue weighted by Crippen LogP contribution is -2.46. The van der Waals surface area contributed by atoms with E-state index in [-0.39, 0.29) is 12.0 Å². The van der Waals surface area contributed by atoms with Crippen LogP contribution in [-0.4, -0.2) is 47.6 Å². The molecule has 1 unspecified atom stereocenters. The lowest BCUT2D eigenvalue weighted by Gasteiger charge is -2.31. The van der Waals surface area contributed by atoms with Gasteiger partial charge in [-0.05, 0) is 6.92 Å². The van der Waals surface area contributed by atoms with Crippen LogP contribution >= 0.6 is 11.6 Å². The normalized spacial score (nSPS) is 21.1. The minimum Gasteiger partial charge on any atom is -0.373 e. The third-order valence-electron chi connectivity index (χ3n) is 2.45. The smallest absolute Gasteiger partial charge is 0.276 e. The highest BCUT2D eigenvalue weighted by Crippen LogP contribution is 2.11. The van der Waals surface area contributed by atoms with Crippen LogP contribution in [0.25, 0.3) is 0 Å². The van der Waals surface area contributed by atoms with Crippen LogP contribution in [0.1, 0.15) is 16.2 Å². The van der Waals surface area contributed by atoms with Gasteiger partial charge >= 0.3 is 0 Å². The first-order valence-electron chi connectivity index (χ1n) is 5.11. The van der Waals surface area contributed by atoms with Gasteiger partial charge in [0.2, 0.25) is 0 Å². The van der Waals surface area contributed by atoms with E-state index < -0.39 is 0 Å². The molecule has 1 aliphatic heterocycles. The number of hydrogen-bond donors (Lipinski definition) is 0. The molecular weight excluding hydrogens is 232 g/mol. The molecule has 6 heteroatoms. The Balaban J connectivity index is 2.04. The highest BCUT2D eigenvalue weighted by atomic mass is 35.5. The van der Waals surface area contributed by atoms with Crippen LogP contribution in [-0.2, 0) is 4.74 Å². The van der Waals surface area contributed by atoms with Gasteiger partial charge in [-0.2, -0.15) is 0 Å². The maximum absolute atomic E-state index is 12.0. The second kappa shape index (κ2) is 4.84. The molecule has 0 bridgehead atoms. The van der Waals surface area contributed by atoms with Gasteiger partial charge in [0.1, 0.15) is 5.76 Å². The second-order valence-electron chi connectivity index (χ2n) is 3.72. The summed E-state index contributed by atoms with van der Waals surface area (Å²) in [4.78, 5) is 13.7. The van der Waals surface area contributed by atoms with E-state index in [2.05, 4.69) is 5.16 Å². The molecule has 1 fully saturated rings. The van der Waals surface area contributed by atoms with Crippen molar-refractivity contribution >= 4 is 17.5 Å². The van der Waals surface area contributed by atoms with Crippen LogP contribution in [0, 0.1) is 6.92 Å². The molecule has 0 aromatic carbocycles. The topological polar surface area (TPSA) is 55.6 Å². The van der Waals surface area contributed by atoms with E-state index in [0.717, 1.165) is 0 Å². The van der Waals surface area contributed by atoms with Crippen LogP contribution in [0.5, 0.6) is 0 Å². The minimum absolute atomic E-state index is 0.0904. The van der Waals surface area contributed by atoms with Crippen molar-refractivity contribution in [2.75, 3.05) is 25.6 Å². The average Bonchev–Trinajstić information content (AvgIpc) is 2.75. The molecule has 1 atom stereocenters. The van der Waals surface area contributed by atoms with E-state index in [0.29, 0.717) is 37.0 Å². The van der Waals surface area contributed by atoms with Crippen molar-refractivity contribution in [3.8, 4) is 0 Å². The number of morpholine rings is 1. The predicted molar refractivity (Wildman–Crippen MR) is 57.6 cm³/mol. The molecule has 2 rings (SSSR count). The van der Waals surface area contributed by atoms with Gasteiger partial charge < -0.3 is 14.2 Å². The van der Waals surface area contributed by atoms with Crippen LogP contribution in [0.4, 0.5) is 0 Å². The van der Waals surface area contributed by atoms with E-state index in [1.165, 1.54) is 0 Å². The summed E-state index contributed by atoms with van der Waals surface area (Å²) in [7, 11) is 0. The van der Waals surface area contributed by atoms with Crippen molar-refractivity contribution < 1.29 is 14.1 Å². The quantitative estimate of drug-likeness (QED) is 0.730. The average molecular weight is 245 g/mol. The number of carbonyl (C=O) groups is 1. The molecule has 5 nitrogen and oxygen atoms in total. The Morgan fingerprint density at radius 3 is 3.19 bits per heavy atom. The molecule has 0 saturated carbocycles. The first kappa shape index (κ1) is 11.4. The van der Waals surface area contributed by atoms with Gasteiger partial charge in [0.25, 0.3) is 5.91 Å². The third kappa shape index (κ3) is 2.36. The number of aryl methyl sites for hydroxylation is 1. The van der Waals surface area contributed by atoms with Crippen LogP contribution in [0.15, 0.2) is 10.6 Å². The SMILES string of the molecule is Cc1cc(C(=O)N2CCOC(CCl)C2)no1. The van der Waals surface area contributed by atoms with Crippen molar-refractivity contribution in [1.82, 2.24) is 10.1 Å². The Bertz CT molecular complexity index is 380. The maximum atomic E-state index is 12.0. The number of carbonyl (C=O) groups excluding carboxylic acids is 1. The Morgan fingerprint density at radius 1 is 1.75 bits per heavy atom. The van der Waals surface area contributed by atoms with Gasteiger partial charge in [-0.25, -0.2) is 0 Å². The number of aromatic nitrogens is 1. The fraction of sp³-hybridized carbons (Fsp3) is 0.600. The predicted octanol–water partition coefficient (Wildman–Crippen LogP) is 1.06. The Kier molecular flexibility index (Phi) is 3.46. The highest BCUT2D eigenvalue weighted by molar-refractivity contribution is 6.18. The molecule has 1 saturated heterocycles. The zero-order valence-corrected chi connectivity index (χ0v) is 9.74. The largest absolute Gasteiger partial charge is 0.373 e. The summed E-state index contributed by atoms with van der Waals surface area (Å²) in [5.41, 5.74) is 0.340. The number of ether oxygens (including phenoxy) is 1. The van der Waals surface area contributed by atoms with Crippen molar-refractivity contribution in [3.63, 3.8) is 0 Å². The summed E-state index contributed by atoms with van der Waals surface area (Å²) in [6, 6.07) is 1.63. The molecule has 16 heavy (non-hydrogen) atoms. The van der Waals surface area contributed by atoms with Gasteiger partial charge in [0, 0.05) is 19.2 Å². The van der Waals surface area contributed by atoms with E-state index in [4.69, 9.17) is 20.9 Å². The molecule has 0 N–H and O–H groups in total. The molecule has 88 valence electrons. The Labute approximate surface area is 98.3 Å². The molecule has 0 spiro atoms. The Hall–Kier alpha value is -1.07. The van der Waals surface area contributed by atoms with Crippen LogP contribution in [0.2, 0.25) is 0 Å². The lowest BCUT2D eigenvalue weighted by molar-refractivity contribution is -0.0111. The second-order valence-corrected chi connectivity index (χ2v) is 4.03. The molecule has 0 aliphatic carbocycles. The summed E-state index contributed by atoms with van der Waals surface area (Å²) in [5.74, 6) is 0.891. The van der Waals surface area contributed by atoms with Crippen LogP contribution < -0.4 is 0 Å². The maximum Gasteiger partial charge on any atom is 0.276 e. The van der Waals surface area contributed by atoms with E-state index in [9.17, 15) is 4.79 Å². The monoisotopic (exact) mass is 244 g/mol. The summed E-state index contributed by atoms with van der Waals surface area (Å²) in [6.07, 6.45) is -0.0904. The first-order chi connectivity index (χ1) is 7.70. The molecule has 1 aromatic heterocycles. The zero-order valence-electron chi connectivity index (χ0n) is 8.98. The van der Waals surface area contributed by atoms with E-state index >= 15 is 0 Å². The summed E-state index contributed by atoms with van der Waals surface area (Å²) in [6.45, 7) is 3.34. The number of alkyl halides is 1. The van der Waals surface area contributed by atoms with E-state index in [1.807, 2.05) is 0 Å². The van der Waals surface area contributed by atoms with E-state index in [1.54, 1.807) is 17.9 Å². The van der Waals surface area contributed by atoms with Gasteiger partial charge in [0.15, 0.2) is 5.69 Å². The lowest BCUT2D eigenvalue weighted by atomic mass is 10.2. The Morgan fingerprint density at radius 2 is 2.56 bits per heavy atom. The fourth-order valence-corrected chi connectivity index (χ4v) is 1.81. The van der Waals surface area contributed by atoms with Crippen molar-refractivity contribution in [1.29, 1.82) is 0 Å². The zero-order chi connectivity index (χ0) is 11.5. The number of rotatable bonds is 2. The highest BCUT2D eigenvalue weighted by Gasteiger charge is 2.26. The standard InChI is InChI=1S/C10H13ClN2O3/c1-7-4-9(12-16-7)10(14)13-2-3-15-8(5-11)6-13/h4,8H,2-3,5-6H2,1H3. The third-order valence-corrected chi connectivity index (χ3v) is 2.79. The summed E-state index contributed by atoms with van der Waals surface area (Å²) >= 11 is 5.70. The number of amides is 1. The fourth-order valence-electron chi connectivity index (χ4n) is 1.63. The number of nitrogens with zero attached hydrogens (tertiary/aromatic N) is 2. The van der Waals surface area contributed by atoms with Gasteiger partial charge in [0.05, 0.1) is 18.6 Å². The van der Waals surface area contributed by atoms with Gasteiger partial charge in [-0.15, -0.1) is 11.6 Å². The van der Waals surface area contributed by atoms with Crippen LogP contribution in [0.3, 0.4) is 0 Å². The minimum atomic E-state index is -0.129. The first-order valence-corrected chi connectivity index (χ1v) is 5.64. The summed E-state index contributed by atoms with van der Waals surface area (Å²) < 4.78 is 10.3.